The number of carbonyl (C=O) groups is 2. The molecule has 0 saturated carbocycles. The van der Waals surface area contributed by atoms with E-state index < -0.39 is 0 Å². The first-order valence-corrected chi connectivity index (χ1v) is 11.6. The van der Waals surface area contributed by atoms with Crippen molar-refractivity contribution in [2.24, 2.45) is 0 Å². The van der Waals surface area contributed by atoms with E-state index in [0.717, 1.165) is 11.4 Å². The summed E-state index contributed by atoms with van der Waals surface area (Å²) in [6.45, 7) is 9.30. The summed E-state index contributed by atoms with van der Waals surface area (Å²) in [5.41, 5.74) is 3.71. The molecule has 0 spiro atoms. The maximum atomic E-state index is 13.0. The lowest BCUT2D eigenvalue weighted by atomic mass is 9.87. The van der Waals surface area contributed by atoms with Crippen molar-refractivity contribution in [3.8, 4) is 11.4 Å². The molecule has 3 aromatic rings. The van der Waals surface area contributed by atoms with Crippen LogP contribution in [-0.2, 0) is 21.5 Å². The van der Waals surface area contributed by atoms with E-state index in [2.05, 4.69) is 60.6 Å². The molecule has 0 fully saturated rings. The van der Waals surface area contributed by atoms with Gasteiger partial charge in [0.25, 0.3) is 0 Å². The molecular weight excluding hydrogens is 422 g/mol. The Kier molecular flexibility index (Phi) is 6.06. The zero-order chi connectivity index (χ0) is 22.9. The van der Waals surface area contributed by atoms with Crippen LogP contribution in [0.5, 0.6) is 0 Å². The number of para-hydroxylation sites is 2. The highest BCUT2D eigenvalue weighted by Crippen LogP contribution is 2.31. The van der Waals surface area contributed by atoms with Crippen LogP contribution in [-0.4, -0.2) is 38.9 Å². The van der Waals surface area contributed by atoms with Gasteiger partial charge in [-0.1, -0.05) is 68.9 Å². The fraction of sp³-hybridized carbons (Fsp3) is 0.333. The van der Waals surface area contributed by atoms with Crippen LogP contribution in [0.15, 0.2) is 53.7 Å². The fourth-order valence-electron chi connectivity index (χ4n) is 3.67. The van der Waals surface area contributed by atoms with Crippen molar-refractivity contribution in [2.75, 3.05) is 22.5 Å². The van der Waals surface area contributed by atoms with Crippen molar-refractivity contribution in [1.82, 2.24) is 14.8 Å². The lowest BCUT2D eigenvalue weighted by molar-refractivity contribution is -0.120. The van der Waals surface area contributed by atoms with Crippen LogP contribution in [0.25, 0.3) is 11.4 Å². The largest absolute Gasteiger partial charge is 0.323 e. The molecule has 4 rings (SSSR count). The molecule has 32 heavy (non-hydrogen) atoms. The smallest absolute Gasteiger partial charge is 0.244 e. The molecule has 2 amide bonds. The van der Waals surface area contributed by atoms with Crippen molar-refractivity contribution >= 4 is 35.0 Å². The predicted molar refractivity (Wildman–Crippen MR) is 128 cm³/mol. The molecule has 1 aliphatic rings. The zero-order valence-corrected chi connectivity index (χ0v) is 19.6. The summed E-state index contributed by atoms with van der Waals surface area (Å²) in [6.07, 6.45) is 0. The van der Waals surface area contributed by atoms with Crippen LogP contribution >= 0.6 is 11.8 Å². The van der Waals surface area contributed by atoms with E-state index in [1.807, 2.05) is 29.7 Å². The summed E-state index contributed by atoms with van der Waals surface area (Å²) in [6, 6.07) is 15.7. The van der Waals surface area contributed by atoms with Crippen LogP contribution in [0.1, 0.15) is 33.3 Å². The third kappa shape index (κ3) is 4.41. The van der Waals surface area contributed by atoms with E-state index in [9.17, 15) is 9.59 Å². The molecule has 1 N–H and O–H groups in total. The van der Waals surface area contributed by atoms with Crippen LogP contribution < -0.4 is 10.2 Å². The van der Waals surface area contributed by atoms with Gasteiger partial charge < -0.3 is 14.8 Å². The maximum Gasteiger partial charge on any atom is 0.244 e. The average molecular weight is 450 g/mol. The third-order valence-corrected chi connectivity index (χ3v) is 6.39. The Morgan fingerprint density at radius 1 is 1.09 bits per heavy atom. The van der Waals surface area contributed by atoms with Gasteiger partial charge in [-0.15, -0.1) is 10.2 Å². The average Bonchev–Trinajstić information content (AvgIpc) is 3.19. The minimum Gasteiger partial charge on any atom is -0.323 e. The molecule has 0 saturated heterocycles. The van der Waals surface area contributed by atoms with E-state index >= 15 is 0 Å². The first-order valence-electron chi connectivity index (χ1n) is 10.6. The van der Waals surface area contributed by atoms with Crippen LogP contribution in [0.3, 0.4) is 0 Å². The molecule has 166 valence electrons. The molecule has 7 nitrogen and oxygen atoms in total. The number of fused-ring (bicyclic) bond motifs is 1. The van der Waals surface area contributed by atoms with Gasteiger partial charge in [0.15, 0.2) is 11.0 Å². The molecule has 0 radical (unpaired) electrons. The summed E-state index contributed by atoms with van der Waals surface area (Å²) in [5.74, 6) is 0.618. The topological polar surface area (TPSA) is 80.1 Å². The lowest BCUT2D eigenvalue weighted by Crippen LogP contribution is -2.43. The molecular formula is C24H27N5O2S. The molecule has 0 atom stereocenters. The highest BCUT2D eigenvalue weighted by atomic mass is 32.2. The number of hydrogen-bond acceptors (Lipinski definition) is 5. The number of benzene rings is 2. The summed E-state index contributed by atoms with van der Waals surface area (Å²) in [5, 5.41) is 12.2. The van der Waals surface area contributed by atoms with Gasteiger partial charge in [0.2, 0.25) is 11.8 Å². The molecule has 1 aliphatic heterocycles. The minimum atomic E-state index is -0.195. The number of thioether (sulfide) groups is 1. The van der Waals surface area contributed by atoms with Gasteiger partial charge >= 0.3 is 0 Å². The normalized spacial score (nSPS) is 13.6. The van der Waals surface area contributed by atoms with Gasteiger partial charge in [-0.25, -0.2) is 0 Å². The number of nitrogens with zero attached hydrogens (tertiary/aromatic N) is 4. The van der Waals surface area contributed by atoms with Gasteiger partial charge in [-0.2, -0.15) is 0 Å². The molecule has 0 aliphatic carbocycles. The standard InChI is InChI=1S/C24H27N5O2S/c1-5-28-22(16-10-12-17(13-11-16)24(2,3)4)26-27-23(28)32-15-21(31)29-14-20(30)25-18-8-6-7-9-19(18)29/h6-13H,5,14-15H2,1-4H3,(H,25,30). The number of carbonyl (C=O) groups excluding carboxylic acids is 2. The maximum absolute atomic E-state index is 13.0. The predicted octanol–water partition coefficient (Wildman–Crippen LogP) is 4.34. The Morgan fingerprint density at radius 2 is 1.81 bits per heavy atom. The summed E-state index contributed by atoms with van der Waals surface area (Å²) in [7, 11) is 0. The zero-order valence-electron chi connectivity index (χ0n) is 18.8. The first-order chi connectivity index (χ1) is 15.3. The van der Waals surface area contributed by atoms with Gasteiger partial charge in [-0.05, 0) is 30.0 Å². The first kappa shape index (κ1) is 22.1. The van der Waals surface area contributed by atoms with Crippen molar-refractivity contribution in [3.63, 3.8) is 0 Å². The Morgan fingerprint density at radius 3 is 2.50 bits per heavy atom. The Hall–Kier alpha value is -3.13. The van der Waals surface area contributed by atoms with E-state index in [1.165, 1.54) is 22.2 Å². The Bertz CT molecular complexity index is 1150. The van der Waals surface area contributed by atoms with Gasteiger partial charge in [0.1, 0.15) is 6.54 Å². The Balaban J connectivity index is 1.51. The molecule has 1 aromatic heterocycles. The van der Waals surface area contributed by atoms with Crippen LogP contribution in [0.4, 0.5) is 11.4 Å². The highest BCUT2D eigenvalue weighted by molar-refractivity contribution is 7.99. The fourth-order valence-corrected chi connectivity index (χ4v) is 4.55. The number of rotatable bonds is 5. The van der Waals surface area contributed by atoms with Crippen molar-refractivity contribution < 1.29 is 9.59 Å². The number of aromatic nitrogens is 3. The van der Waals surface area contributed by atoms with Crippen LogP contribution in [0.2, 0.25) is 0 Å². The molecule has 2 aromatic carbocycles. The van der Waals surface area contributed by atoms with Gasteiger partial charge in [0, 0.05) is 12.1 Å². The number of amides is 2. The summed E-state index contributed by atoms with van der Waals surface area (Å²) >= 11 is 1.34. The van der Waals surface area contributed by atoms with Crippen LogP contribution in [0, 0.1) is 0 Å². The molecule has 0 unspecified atom stereocenters. The second-order valence-corrected chi connectivity index (χ2v) is 9.65. The summed E-state index contributed by atoms with van der Waals surface area (Å²) < 4.78 is 2.01. The van der Waals surface area contributed by atoms with Crippen molar-refractivity contribution in [2.45, 2.75) is 44.8 Å². The SMILES string of the molecule is CCn1c(SCC(=O)N2CC(=O)Nc3ccccc32)nnc1-c1ccc(C(C)(C)C)cc1. The quantitative estimate of drug-likeness (QED) is 0.586. The van der Waals surface area contributed by atoms with E-state index in [1.54, 1.807) is 6.07 Å². The minimum absolute atomic E-state index is 0.0161. The number of hydrogen-bond donors (Lipinski definition) is 1. The van der Waals surface area contributed by atoms with E-state index in [4.69, 9.17) is 0 Å². The molecule has 8 heteroatoms. The Labute approximate surface area is 192 Å². The number of nitrogens with one attached hydrogen (secondary N) is 1. The van der Waals surface area contributed by atoms with Gasteiger partial charge in [0.05, 0.1) is 17.1 Å². The third-order valence-electron chi connectivity index (χ3n) is 5.44. The van der Waals surface area contributed by atoms with Crippen molar-refractivity contribution in [1.29, 1.82) is 0 Å². The number of anilines is 2. The van der Waals surface area contributed by atoms with Gasteiger partial charge in [-0.3, -0.25) is 9.59 Å². The second-order valence-electron chi connectivity index (χ2n) is 8.71. The van der Waals surface area contributed by atoms with E-state index in [0.29, 0.717) is 23.1 Å². The van der Waals surface area contributed by atoms with E-state index in [-0.39, 0.29) is 29.5 Å². The summed E-state index contributed by atoms with van der Waals surface area (Å²) in [4.78, 5) is 26.5. The second kappa shape index (κ2) is 8.78. The molecule has 2 heterocycles. The molecule has 0 bridgehead atoms. The highest BCUT2D eigenvalue weighted by Gasteiger charge is 2.27. The lowest BCUT2D eigenvalue weighted by Gasteiger charge is -2.29. The van der Waals surface area contributed by atoms with Crippen molar-refractivity contribution in [3.05, 3.63) is 54.1 Å². The monoisotopic (exact) mass is 449 g/mol.